The number of hydrogen-bond acceptors (Lipinski definition) is 5. The number of ether oxygens (including phenoxy) is 2. The molecule has 2 aromatic carbocycles. The van der Waals surface area contributed by atoms with Gasteiger partial charge in [0.1, 0.15) is 11.5 Å². The molecule has 2 aromatic heterocycles. The van der Waals surface area contributed by atoms with Crippen molar-refractivity contribution in [3.05, 3.63) is 64.8 Å². The number of carbonyl (C=O) groups is 1. The summed E-state index contributed by atoms with van der Waals surface area (Å²) in [7, 11) is 3.20. The Morgan fingerprint density at radius 2 is 1.97 bits per heavy atom. The molecule has 0 saturated carbocycles. The van der Waals surface area contributed by atoms with Crippen molar-refractivity contribution in [3.8, 4) is 22.8 Å². The van der Waals surface area contributed by atoms with Gasteiger partial charge in [-0.05, 0) is 48.9 Å². The van der Waals surface area contributed by atoms with Gasteiger partial charge < -0.3 is 14.8 Å². The molecule has 0 fully saturated rings. The lowest BCUT2D eigenvalue weighted by molar-refractivity contribution is -0.116. The van der Waals surface area contributed by atoms with Crippen molar-refractivity contribution in [3.63, 3.8) is 0 Å². The van der Waals surface area contributed by atoms with E-state index >= 15 is 0 Å². The monoisotopic (exact) mass is 441 g/mol. The number of carbonyl (C=O) groups excluding carboxylic acids is 1. The molecule has 154 valence electrons. The highest BCUT2D eigenvalue weighted by Gasteiger charge is 2.12. The van der Waals surface area contributed by atoms with E-state index in [1.807, 2.05) is 40.2 Å². The lowest BCUT2D eigenvalue weighted by Gasteiger charge is -2.08. The number of amides is 1. The summed E-state index contributed by atoms with van der Waals surface area (Å²) in [5.74, 6) is 1.30. The molecule has 4 rings (SSSR count). The van der Waals surface area contributed by atoms with Crippen LogP contribution in [0.5, 0.6) is 11.5 Å². The molecule has 6 nitrogen and oxygen atoms in total. The number of imidazole rings is 1. The molecule has 0 aliphatic heterocycles. The lowest BCUT2D eigenvalue weighted by Crippen LogP contribution is -2.12. The average molecular weight is 442 g/mol. The maximum atomic E-state index is 12.4. The Hall–Kier alpha value is -3.03. The number of methoxy groups -OCH3 is 2. The van der Waals surface area contributed by atoms with Crippen molar-refractivity contribution in [1.29, 1.82) is 0 Å². The molecule has 0 aliphatic rings. The van der Waals surface area contributed by atoms with Gasteiger partial charge in [-0.1, -0.05) is 11.6 Å². The van der Waals surface area contributed by atoms with Crippen LogP contribution >= 0.6 is 22.9 Å². The van der Waals surface area contributed by atoms with E-state index in [0.29, 0.717) is 29.3 Å². The van der Waals surface area contributed by atoms with Crippen molar-refractivity contribution >= 4 is 39.5 Å². The standard InChI is InChI=1S/C22H20ClN3O3S/c1-28-17-7-3-14(4-8-17)19-12-26-16(13-30-22(26)25-19)6-10-21(27)24-15-5-9-20(29-2)18(23)11-15/h3-5,7-9,11-13H,6,10H2,1-2H3,(H,24,27). The highest BCUT2D eigenvalue weighted by molar-refractivity contribution is 7.15. The van der Waals surface area contributed by atoms with Gasteiger partial charge in [-0.15, -0.1) is 11.3 Å². The zero-order chi connectivity index (χ0) is 21.1. The van der Waals surface area contributed by atoms with Crippen LogP contribution in [-0.2, 0) is 11.2 Å². The van der Waals surface area contributed by atoms with Gasteiger partial charge in [0.15, 0.2) is 4.96 Å². The summed E-state index contributed by atoms with van der Waals surface area (Å²) in [6.07, 6.45) is 2.96. The molecule has 30 heavy (non-hydrogen) atoms. The van der Waals surface area contributed by atoms with Crippen LogP contribution in [0.4, 0.5) is 5.69 Å². The van der Waals surface area contributed by atoms with Crippen LogP contribution in [0, 0.1) is 0 Å². The van der Waals surface area contributed by atoms with Crippen LogP contribution in [0.25, 0.3) is 16.2 Å². The fourth-order valence-electron chi connectivity index (χ4n) is 3.12. The second-order valence-electron chi connectivity index (χ2n) is 6.63. The van der Waals surface area contributed by atoms with Crippen molar-refractivity contribution < 1.29 is 14.3 Å². The minimum Gasteiger partial charge on any atom is -0.497 e. The first-order valence-corrected chi connectivity index (χ1v) is 10.6. The second-order valence-corrected chi connectivity index (χ2v) is 7.88. The molecule has 1 amide bonds. The number of hydrogen-bond donors (Lipinski definition) is 1. The topological polar surface area (TPSA) is 64.9 Å². The molecule has 1 N–H and O–H groups in total. The number of aromatic nitrogens is 2. The third-order valence-corrected chi connectivity index (χ3v) is 5.90. The average Bonchev–Trinajstić information content (AvgIpc) is 3.34. The number of thiazole rings is 1. The number of nitrogens with one attached hydrogen (secondary N) is 1. The van der Waals surface area contributed by atoms with Crippen LogP contribution in [0.2, 0.25) is 5.02 Å². The molecule has 0 aliphatic carbocycles. The fraction of sp³-hybridized carbons (Fsp3) is 0.182. The summed E-state index contributed by atoms with van der Waals surface area (Å²) in [5.41, 5.74) is 3.60. The summed E-state index contributed by atoms with van der Waals surface area (Å²) in [4.78, 5) is 18.0. The predicted octanol–water partition coefficient (Wildman–Crippen LogP) is 5.30. The number of rotatable bonds is 7. The Balaban J connectivity index is 1.43. The summed E-state index contributed by atoms with van der Waals surface area (Å²) in [6, 6.07) is 13.0. The fourth-order valence-corrected chi connectivity index (χ4v) is 4.28. The molecule has 0 radical (unpaired) electrons. The maximum absolute atomic E-state index is 12.4. The highest BCUT2D eigenvalue weighted by Crippen LogP contribution is 2.28. The van der Waals surface area contributed by atoms with Crippen LogP contribution in [0.3, 0.4) is 0 Å². The molecule has 0 unspecified atom stereocenters. The molecule has 0 saturated heterocycles. The van der Waals surface area contributed by atoms with E-state index in [4.69, 9.17) is 26.1 Å². The van der Waals surface area contributed by atoms with E-state index in [9.17, 15) is 4.79 Å². The lowest BCUT2D eigenvalue weighted by atomic mass is 10.1. The SMILES string of the molecule is COc1ccc(-c2cn3c(CCC(=O)Nc4ccc(OC)c(Cl)c4)csc3n2)cc1. The predicted molar refractivity (Wildman–Crippen MR) is 120 cm³/mol. The molecular formula is C22H20ClN3O3S. The van der Waals surface area contributed by atoms with E-state index in [0.717, 1.165) is 27.7 Å². The van der Waals surface area contributed by atoms with Crippen molar-refractivity contribution in [2.75, 3.05) is 19.5 Å². The Bertz CT molecular complexity index is 1180. The number of fused-ring (bicyclic) bond motifs is 1. The van der Waals surface area contributed by atoms with Gasteiger partial charge in [-0.25, -0.2) is 4.98 Å². The second kappa shape index (κ2) is 8.77. The summed E-state index contributed by atoms with van der Waals surface area (Å²) >= 11 is 7.68. The largest absolute Gasteiger partial charge is 0.497 e. The minimum absolute atomic E-state index is 0.0777. The molecule has 8 heteroatoms. The molecule has 0 spiro atoms. The number of anilines is 1. The molecule has 0 atom stereocenters. The summed E-state index contributed by atoms with van der Waals surface area (Å²) < 4.78 is 12.4. The van der Waals surface area contributed by atoms with Gasteiger partial charge in [0.05, 0.1) is 24.9 Å². The van der Waals surface area contributed by atoms with Gasteiger partial charge in [-0.2, -0.15) is 0 Å². The smallest absolute Gasteiger partial charge is 0.224 e. The third-order valence-electron chi connectivity index (χ3n) is 4.71. The first kappa shape index (κ1) is 20.3. The van der Waals surface area contributed by atoms with Gasteiger partial charge in [0.2, 0.25) is 5.91 Å². The molecule has 2 heterocycles. The van der Waals surface area contributed by atoms with E-state index in [2.05, 4.69) is 5.32 Å². The van der Waals surface area contributed by atoms with Crippen molar-refractivity contribution in [1.82, 2.24) is 9.38 Å². The first-order chi connectivity index (χ1) is 14.6. The van der Waals surface area contributed by atoms with Gasteiger partial charge in [0.25, 0.3) is 0 Å². The van der Waals surface area contributed by atoms with E-state index in [-0.39, 0.29) is 5.91 Å². The van der Waals surface area contributed by atoms with Gasteiger partial charge in [-0.3, -0.25) is 9.20 Å². The quantitative estimate of drug-likeness (QED) is 0.422. The van der Waals surface area contributed by atoms with Crippen LogP contribution in [-0.4, -0.2) is 29.5 Å². The molecular weight excluding hydrogens is 422 g/mol. The maximum Gasteiger partial charge on any atom is 0.224 e. The van der Waals surface area contributed by atoms with E-state index < -0.39 is 0 Å². The number of benzene rings is 2. The highest BCUT2D eigenvalue weighted by atomic mass is 35.5. The van der Waals surface area contributed by atoms with Crippen LogP contribution in [0.1, 0.15) is 12.1 Å². The third kappa shape index (κ3) is 4.27. The molecule has 0 bridgehead atoms. The summed E-state index contributed by atoms with van der Waals surface area (Å²) in [5, 5.41) is 5.37. The molecule has 4 aromatic rings. The minimum atomic E-state index is -0.0777. The van der Waals surface area contributed by atoms with Crippen LogP contribution < -0.4 is 14.8 Å². The zero-order valence-electron chi connectivity index (χ0n) is 16.5. The number of nitrogens with zero attached hydrogens (tertiary/aromatic N) is 2. The van der Waals surface area contributed by atoms with Crippen molar-refractivity contribution in [2.45, 2.75) is 12.8 Å². The van der Waals surface area contributed by atoms with E-state index in [1.54, 1.807) is 43.8 Å². The van der Waals surface area contributed by atoms with Crippen molar-refractivity contribution in [2.24, 2.45) is 0 Å². The first-order valence-electron chi connectivity index (χ1n) is 9.30. The van der Waals surface area contributed by atoms with Gasteiger partial charge in [0, 0.05) is 34.9 Å². The Morgan fingerprint density at radius 1 is 1.17 bits per heavy atom. The Morgan fingerprint density at radius 3 is 2.67 bits per heavy atom. The van der Waals surface area contributed by atoms with Gasteiger partial charge >= 0.3 is 0 Å². The van der Waals surface area contributed by atoms with E-state index in [1.165, 1.54) is 0 Å². The normalized spacial score (nSPS) is 10.9. The zero-order valence-corrected chi connectivity index (χ0v) is 18.1. The summed E-state index contributed by atoms with van der Waals surface area (Å²) in [6.45, 7) is 0. The number of aryl methyl sites for hydroxylation is 1. The number of halogens is 1. The van der Waals surface area contributed by atoms with Crippen LogP contribution in [0.15, 0.2) is 54.0 Å². The Kier molecular flexibility index (Phi) is 5.92. The Labute approximate surface area is 183 Å².